The van der Waals surface area contributed by atoms with Crippen LogP contribution >= 0.6 is 0 Å². The molecule has 11 heteroatoms. The third-order valence-corrected chi connectivity index (χ3v) is 6.25. The number of hydrogen-bond acceptors (Lipinski definition) is 10. The summed E-state index contributed by atoms with van der Waals surface area (Å²) in [5.41, 5.74) is 3.72. The summed E-state index contributed by atoms with van der Waals surface area (Å²) in [5, 5.41) is 59.2. The number of aromatic nitrogens is 2. The van der Waals surface area contributed by atoms with Crippen molar-refractivity contribution in [2.45, 2.75) is 70.2 Å². The minimum atomic E-state index is -1.53. The Hall–Kier alpha value is -2.25. The lowest BCUT2D eigenvalue weighted by Crippen LogP contribution is -2.60. The first-order chi connectivity index (χ1) is 17.3. The second kappa shape index (κ2) is 13.3. The van der Waals surface area contributed by atoms with E-state index in [-0.39, 0.29) is 18.4 Å². The average molecular weight is 510 g/mol. The highest BCUT2D eigenvalue weighted by Crippen LogP contribution is 2.32. The number of ether oxygens (including phenoxy) is 3. The number of nitrogens with one attached hydrogen (secondary N) is 2. The first-order valence-corrected chi connectivity index (χ1v) is 12.3. The summed E-state index contributed by atoms with van der Waals surface area (Å²) in [5.74, 6) is 1.10. The van der Waals surface area contributed by atoms with Crippen molar-refractivity contribution in [2.24, 2.45) is 0 Å². The molecule has 3 rings (SSSR count). The van der Waals surface area contributed by atoms with Crippen molar-refractivity contribution in [1.29, 1.82) is 0 Å². The summed E-state index contributed by atoms with van der Waals surface area (Å²) in [4.78, 5) is 0. The van der Waals surface area contributed by atoms with Crippen LogP contribution in [-0.2, 0) is 11.2 Å². The van der Waals surface area contributed by atoms with E-state index < -0.39 is 37.3 Å². The average Bonchev–Trinajstić information content (AvgIpc) is 3.25. The van der Waals surface area contributed by atoms with E-state index in [0.717, 1.165) is 41.1 Å². The van der Waals surface area contributed by atoms with Gasteiger partial charge in [-0.3, -0.25) is 5.10 Å². The Balaban J connectivity index is 1.72. The minimum Gasteiger partial charge on any atom is -0.494 e. The van der Waals surface area contributed by atoms with E-state index in [1.807, 2.05) is 39.0 Å². The molecule has 1 aromatic carbocycles. The van der Waals surface area contributed by atoms with Gasteiger partial charge in [-0.2, -0.15) is 0 Å². The summed E-state index contributed by atoms with van der Waals surface area (Å²) < 4.78 is 17.2. The highest BCUT2D eigenvalue weighted by molar-refractivity contribution is 5.42. The molecule has 202 valence electrons. The maximum atomic E-state index is 10.4. The van der Waals surface area contributed by atoms with Crippen LogP contribution in [0.5, 0.6) is 11.6 Å². The Labute approximate surface area is 211 Å². The van der Waals surface area contributed by atoms with Gasteiger partial charge in [0, 0.05) is 24.2 Å². The summed E-state index contributed by atoms with van der Waals surface area (Å²) in [6.45, 7) is 7.53. The fraction of sp³-hybridized carbons (Fsp3) is 0.640. The highest BCUT2D eigenvalue weighted by Gasteiger charge is 2.45. The van der Waals surface area contributed by atoms with Gasteiger partial charge in [0.25, 0.3) is 0 Å². The van der Waals surface area contributed by atoms with Crippen LogP contribution in [0.1, 0.15) is 48.6 Å². The molecule has 36 heavy (non-hydrogen) atoms. The molecule has 7 N–H and O–H groups in total. The smallest absolute Gasteiger partial charge is 0.238 e. The van der Waals surface area contributed by atoms with Gasteiger partial charge in [0.05, 0.1) is 19.8 Å². The van der Waals surface area contributed by atoms with E-state index in [0.29, 0.717) is 19.6 Å². The second-order valence-electron chi connectivity index (χ2n) is 9.33. The maximum absolute atomic E-state index is 10.4. The number of hydrogen-bond donors (Lipinski definition) is 7. The lowest BCUT2D eigenvalue weighted by Gasteiger charge is -2.39. The molecule has 5 atom stereocenters. The molecule has 0 saturated carbocycles. The number of aliphatic hydroxyl groups is 5. The Bertz CT molecular complexity index is 951. The first kappa shape index (κ1) is 28.3. The van der Waals surface area contributed by atoms with E-state index in [1.54, 1.807) is 0 Å². The molecule has 1 aliphatic rings. The molecule has 1 aromatic heterocycles. The molecular formula is C25H39N3O8. The predicted molar refractivity (Wildman–Crippen MR) is 131 cm³/mol. The zero-order valence-electron chi connectivity index (χ0n) is 21.1. The van der Waals surface area contributed by atoms with Gasteiger partial charge >= 0.3 is 0 Å². The quantitative estimate of drug-likeness (QED) is 0.182. The van der Waals surface area contributed by atoms with Gasteiger partial charge in [0.2, 0.25) is 12.2 Å². The van der Waals surface area contributed by atoms with Crippen molar-refractivity contribution in [3.05, 3.63) is 40.6 Å². The Morgan fingerprint density at radius 3 is 2.56 bits per heavy atom. The fourth-order valence-corrected chi connectivity index (χ4v) is 4.12. The van der Waals surface area contributed by atoms with Gasteiger partial charge in [0.15, 0.2) is 0 Å². The fourth-order valence-electron chi connectivity index (χ4n) is 4.12. The molecule has 11 nitrogen and oxygen atoms in total. The van der Waals surface area contributed by atoms with Gasteiger partial charge in [-0.05, 0) is 49.1 Å². The molecule has 1 aliphatic heterocycles. The second-order valence-corrected chi connectivity index (χ2v) is 9.33. The van der Waals surface area contributed by atoms with Crippen LogP contribution < -0.4 is 14.8 Å². The van der Waals surface area contributed by atoms with Crippen LogP contribution in [0.4, 0.5) is 0 Å². The molecule has 2 heterocycles. The number of rotatable bonds is 13. The highest BCUT2D eigenvalue weighted by atomic mass is 16.7. The van der Waals surface area contributed by atoms with Crippen molar-refractivity contribution in [3.63, 3.8) is 0 Å². The van der Waals surface area contributed by atoms with Crippen LogP contribution in [-0.4, -0.2) is 99.3 Å². The van der Waals surface area contributed by atoms with Crippen molar-refractivity contribution in [3.8, 4) is 11.6 Å². The molecule has 1 unspecified atom stereocenters. The van der Waals surface area contributed by atoms with E-state index in [4.69, 9.17) is 19.3 Å². The summed E-state index contributed by atoms with van der Waals surface area (Å²) in [7, 11) is 0. The lowest BCUT2D eigenvalue weighted by molar-refractivity contribution is -0.278. The SMILES string of the molecule is Cc1cc(OCCCNCCO)ccc1Cc1c(OC2O[C@H](CO)[C@@H](O)[C@H](O)[C@H]2O)n[nH]c1C(C)C. The minimum absolute atomic E-state index is 0.113. The Morgan fingerprint density at radius 2 is 1.89 bits per heavy atom. The number of aryl methyl sites for hydroxylation is 1. The number of aromatic amines is 1. The van der Waals surface area contributed by atoms with E-state index >= 15 is 0 Å². The summed E-state index contributed by atoms with van der Waals surface area (Å²) >= 11 is 0. The molecule has 0 spiro atoms. The molecule has 1 fully saturated rings. The van der Waals surface area contributed by atoms with E-state index in [1.165, 1.54) is 0 Å². The first-order valence-electron chi connectivity index (χ1n) is 12.3. The molecule has 0 bridgehead atoms. The van der Waals surface area contributed by atoms with Crippen molar-refractivity contribution in [2.75, 3.05) is 32.9 Å². The topological polar surface area (TPSA) is 170 Å². The van der Waals surface area contributed by atoms with Crippen LogP contribution in [0.3, 0.4) is 0 Å². The third-order valence-electron chi connectivity index (χ3n) is 6.25. The zero-order chi connectivity index (χ0) is 26.2. The van der Waals surface area contributed by atoms with Crippen LogP contribution in [0.2, 0.25) is 0 Å². The summed E-state index contributed by atoms with van der Waals surface area (Å²) in [6.07, 6.45) is -5.58. The van der Waals surface area contributed by atoms with Crippen molar-refractivity contribution < 1.29 is 39.7 Å². The molecular weight excluding hydrogens is 470 g/mol. The van der Waals surface area contributed by atoms with Crippen molar-refractivity contribution >= 4 is 0 Å². The molecule has 0 amide bonds. The van der Waals surface area contributed by atoms with Gasteiger partial charge in [-0.15, -0.1) is 5.10 Å². The monoisotopic (exact) mass is 509 g/mol. The number of H-pyrrole nitrogens is 1. The predicted octanol–water partition coefficient (Wildman–Crippen LogP) is -0.0382. The zero-order valence-corrected chi connectivity index (χ0v) is 21.1. The Morgan fingerprint density at radius 1 is 1.11 bits per heavy atom. The molecule has 0 radical (unpaired) electrons. The third kappa shape index (κ3) is 6.94. The van der Waals surface area contributed by atoms with Crippen LogP contribution in [0.25, 0.3) is 0 Å². The van der Waals surface area contributed by atoms with E-state index in [9.17, 15) is 20.4 Å². The van der Waals surface area contributed by atoms with E-state index in [2.05, 4.69) is 15.5 Å². The summed E-state index contributed by atoms with van der Waals surface area (Å²) in [6, 6.07) is 5.88. The molecule has 1 saturated heterocycles. The molecule has 2 aromatic rings. The van der Waals surface area contributed by atoms with Gasteiger partial charge in [0.1, 0.15) is 30.2 Å². The Kier molecular flexibility index (Phi) is 10.5. The van der Waals surface area contributed by atoms with Crippen LogP contribution in [0.15, 0.2) is 18.2 Å². The number of nitrogens with zero attached hydrogens (tertiary/aromatic N) is 1. The number of aliphatic hydroxyl groups excluding tert-OH is 5. The van der Waals surface area contributed by atoms with Gasteiger partial charge in [-0.1, -0.05) is 19.9 Å². The van der Waals surface area contributed by atoms with Crippen LogP contribution in [0, 0.1) is 6.92 Å². The standard InChI is InChI=1S/C25H39N3O8/c1-14(2)20-18(12-16-5-6-17(11-15(16)3)34-10-4-7-26-8-9-29)24(28-27-20)36-25-23(33)22(32)21(31)19(13-30)35-25/h5-6,11,14,19,21-23,25-26,29-33H,4,7-10,12-13H2,1-3H3,(H,27,28)/t19-,21-,22+,23-,25?/m1/s1. The maximum Gasteiger partial charge on any atom is 0.238 e. The lowest BCUT2D eigenvalue weighted by atomic mass is 9.96. The van der Waals surface area contributed by atoms with Gasteiger partial charge < -0.3 is 45.1 Å². The largest absolute Gasteiger partial charge is 0.494 e. The van der Waals surface area contributed by atoms with Crippen molar-refractivity contribution in [1.82, 2.24) is 15.5 Å². The molecule has 0 aliphatic carbocycles. The van der Waals surface area contributed by atoms with Gasteiger partial charge in [-0.25, -0.2) is 0 Å². The number of benzene rings is 1. The normalized spacial score (nSPS) is 24.3.